The van der Waals surface area contributed by atoms with Crippen LogP contribution in [-0.2, 0) is 12.4 Å². The number of nitrogens with one attached hydrogen (secondary N) is 1. The van der Waals surface area contributed by atoms with Crippen LogP contribution in [0.3, 0.4) is 0 Å². The Balaban J connectivity index is 0.00000288. The molecule has 0 saturated carbocycles. The molecule has 1 aromatic rings. The van der Waals surface area contributed by atoms with E-state index in [1.807, 2.05) is 0 Å². The Morgan fingerprint density at radius 3 is 1.96 bits per heavy atom. The van der Waals surface area contributed by atoms with Gasteiger partial charge in [-0.1, -0.05) is 6.07 Å². The Kier molecular flexibility index (Phi) is 8.96. The Morgan fingerprint density at radius 1 is 0.960 bits per heavy atom. The summed E-state index contributed by atoms with van der Waals surface area (Å²) in [5.74, 6) is 0. The van der Waals surface area contributed by atoms with Crippen LogP contribution in [0, 0.1) is 0 Å². The first kappa shape index (κ1) is 24.2. The lowest BCUT2D eigenvalue weighted by atomic mass is 9.96. The maximum atomic E-state index is 13.4. The molecule has 1 N–H and O–H groups in total. The van der Waals surface area contributed by atoms with Crippen molar-refractivity contribution < 1.29 is 30.7 Å². The van der Waals surface area contributed by atoms with Crippen molar-refractivity contribution >= 4 is 24.8 Å². The van der Waals surface area contributed by atoms with Crippen LogP contribution in [0.1, 0.15) is 22.7 Å². The van der Waals surface area contributed by atoms with Gasteiger partial charge in [-0.2, -0.15) is 26.3 Å². The van der Waals surface area contributed by atoms with Gasteiger partial charge in [0.1, 0.15) is 6.67 Å². The summed E-state index contributed by atoms with van der Waals surface area (Å²) in [5, 5.41) is 2.98. The second-order valence-corrected chi connectivity index (χ2v) is 5.25. The Morgan fingerprint density at radius 2 is 1.52 bits per heavy atom. The molecule has 0 aromatic heterocycles. The summed E-state index contributed by atoms with van der Waals surface area (Å²) >= 11 is 0. The summed E-state index contributed by atoms with van der Waals surface area (Å²) in [7, 11) is 0. The van der Waals surface area contributed by atoms with Gasteiger partial charge in [-0.15, -0.1) is 24.8 Å². The number of rotatable bonds is 3. The fraction of sp³-hybridized carbons (Fsp3) is 0.571. The molecule has 25 heavy (non-hydrogen) atoms. The zero-order valence-corrected chi connectivity index (χ0v) is 14.4. The lowest BCUT2D eigenvalue weighted by Crippen LogP contribution is -2.46. The van der Waals surface area contributed by atoms with Crippen LogP contribution >= 0.6 is 24.8 Å². The molecule has 1 heterocycles. The molecule has 0 amide bonds. The van der Waals surface area contributed by atoms with E-state index in [0.29, 0.717) is 32.2 Å². The molecule has 1 aliphatic rings. The molecule has 1 atom stereocenters. The minimum absolute atomic E-state index is 0. The molecule has 146 valence electrons. The van der Waals surface area contributed by atoms with Gasteiger partial charge in [-0.05, 0) is 17.7 Å². The third-order valence-corrected chi connectivity index (χ3v) is 3.78. The van der Waals surface area contributed by atoms with E-state index in [1.54, 1.807) is 0 Å². The molecule has 0 aliphatic carbocycles. The van der Waals surface area contributed by atoms with E-state index in [1.165, 1.54) is 4.90 Å². The van der Waals surface area contributed by atoms with E-state index >= 15 is 0 Å². The fourth-order valence-electron chi connectivity index (χ4n) is 2.64. The van der Waals surface area contributed by atoms with Crippen molar-refractivity contribution in [2.45, 2.75) is 18.4 Å². The monoisotopic (exact) mass is 416 g/mol. The molecule has 2 nitrogen and oxygen atoms in total. The third kappa shape index (κ3) is 5.87. The molecule has 1 fully saturated rings. The van der Waals surface area contributed by atoms with E-state index in [9.17, 15) is 30.7 Å². The predicted octanol–water partition coefficient (Wildman–Crippen LogP) is 4.48. The molecule has 1 aromatic carbocycles. The molecular weight excluding hydrogens is 400 g/mol. The Hall–Kier alpha value is -0.770. The minimum atomic E-state index is -4.99. The standard InChI is InChI=1S/C14H15F7N2.2ClH/c15-8-12(23-5-3-22-4-6-23)10-2-1-9(13(16,17)18)7-11(10)14(19,20)21;;/h1-2,7,12,22H,3-6,8H2;2*1H/t12-;;/m1../s1. The number of hydrogen-bond donors (Lipinski definition) is 1. The van der Waals surface area contributed by atoms with E-state index in [4.69, 9.17) is 0 Å². The van der Waals surface area contributed by atoms with Crippen LogP contribution in [0.2, 0.25) is 0 Å². The third-order valence-electron chi connectivity index (χ3n) is 3.78. The highest BCUT2D eigenvalue weighted by Crippen LogP contribution is 2.40. The Bertz CT molecular complexity index is 543. The van der Waals surface area contributed by atoms with Gasteiger partial charge in [0.15, 0.2) is 0 Å². The highest BCUT2D eigenvalue weighted by molar-refractivity contribution is 5.85. The van der Waals surface area contributed by atoms with Crippen LogP contribution < -0.4 is 5.32 Å². The van der Waals surface area contributed by atoms with Gasteiger partial charge in [-0.3, -0.25) is 4.90 Å². The van der Waals surface area contributed by atoms with E-state index in [-0.39, 0.29) is 30.9 Å². The number of halogens is 9. The average molecular weight is 417 g/mol. The second kappa shape index (κ2) is 9.25. The topological polar surface area (TPSA) is 15.3 Å². The molecule has 0 spiro atoms. The second-order valence-electron chi connectivity index (χ2n) is 5.25. The molecule has 1 aliphatic heterocycles. The first-order valence-corrected chi connectivity index (χ1v) is 6.93. The highest BCUT2D eigenvalue weighted by Gasteiger charge is 2.40. The maximum absolute atomic E-state index is 13.4. The molecular formula is C14H17Cl2F7N2. The van der Waals surface area contributed by atoms with Crippen molar-refractivity contribution in [3.05, 3.63) is 34.9 Å². The predicted molar refractivity (Wildman–Crippen MR) is 84.1 cm³/mol. The van der Waals surface area contributed by atoms with Gasteiger partial charge in [-0.25, -0.2) is 4.39 Å². The summed E-state index contributed by atoms with van der Waals surface area (Å²) in [4.78, 5) is 1.51. The zero-order chi connectivity index (χ0) is 17.3. The van der Waals surface area contributed by atoms with Crippen LogP contribution in [0.25, 0.3) is 0 Å². The Labute approximate surface area is 152 Å². The van der Waals surface area contributed by atoms with Crippen molar-refractivity contribution in [1.29, 1.82) is 0 Å². The molecule has 2 rings (SSSR count). The quantitative estimate of drug-likeness (QED) is 0.730. The largest absolute Gasteiger partial charge is 0.416 e. The zero-order valence-electron chi connectivity index (χ0n) is 12.8. The number of benzene rings is 1. The van der Waals surface area contributed by atoms with Crippen LogP contribution in [0.4, 0.5) is 30.7 Å². The molecule has 1 saturated heterocycles. The maximum Gasteiger partial charge on any atom is 0.416 e. The first-order valence-electron chi connectivity index (χ1n) is 6.93. The van der Waals surface area contributed by atoms with Crippen molar-refractivity contribution in [2.75, 3.05) is 32.9 Å². The van der Waals surface area contributed by atoms with Crippen LogP contribution in [-0.4, -0.2) is 37.8 Å². The highest BCUT2D eigenvalue weighted by atomic mass is 35.5. The fourth-order valence-corrected chi connectivity index (χ4v) is 2.64. The SMILES string of the molecule is Cl.Cl.FC[C@H](c1ccc(C(F)(F)F)cc1C(F)(F)F)N1CCNCC1. The number of nitrogens with zero attached hydrogens (tertiary/aromatic N) is 1. The number of alkyl halides is 7. The smallest absolute Gasteiger partial charge is 0.314 e. The summed E-state index contributed by atoms with van der Waals surface area (Å²) < 4.78 is 90.9. The van der Waals surface area contributed by atoms with Crippen LogP contribution in [0.5, 0.6) is 0 Å². The van der Waals surface area contributed by atoms with Gasteiger partial charge in [0.25, 0.3) is 0 Å². The van der Waals surface area contributed by atoms with Crippen molar-refractivity contribution in [3.8, 4) is 0 Å². The summed E-state index contributed by atoms with van der Waals surface area (Å²) in [6.45, 7) is 0.519. The van der Waals surface area contributed by atoms with Crippen molar-refractivity contribution in [1.82, 2.24) is 10.2 Å². The number of hydrogen-bond acceptors (Lipinski definition) is 2. The molecule has 0 unspecified atom stereocenters. The summed E-state index contributed by atoms with van der Waals surface area (Å²) in [6, 6.07) is 0.143. The summed E-state index contributed by atoms with van der Waals surface area (Å²) in [5.41, 5.74) is -3.30. The van der Waals surface area contributed by atoms with Gasteiger partial charge in [0.05, 0.1) is 17.2 Å². The van der Waals surface area contributed by atoms with Crippen molar-refractivity contribution in [2.24, 2.45) is 0 Å². The van der Waals surface area contributed by atoms with Gasteiger partial charge < -0.3 is 5.32 Å². The van der Waals surface area contributed by atoms with Gasteiger partial charge in [0, 0.05) is 26.2 Å². The molecule has 0 radical (unpaired) electrons. The van der Waals surface area contributed by atoms with E-state index in [0.717, 1.165) is 6.07 Å². The lowest BCUT2D eigenvalue weighted by Gasteiger charge is -2.35. The first-order chi connectivity index (χ1) is 10.6. The van der Waals surface area contributed by atoms with E-state index in [2.05, 4.69) is 5.32 Å². The normalized spacial score (nSPS) is 17.4. The number of piperazine rings is 1. The van der Waals surface area contributed by atoms with Gasteiger partial charge >= 0.3 is 12.4 Å². The van der Waals surface area contributed by atoms with Gasteiger partial charge in [0.2, 0.25) is 0 Å². The van der Waals surface area contributed by atoms with Crippen molar-refractivity contribution in [3.63, 3.8) is 0 Å². The lowest BCUT2D eigenvalue weighted by molar-refractivity contribution is -0.143. The molecule has 11 heteroatoms. The minimum Gasteiger partial charge on any atom is -0.314 e. The van der Waals surface area contributed by atoms with E-state index < -0.39 is 41.8 Å². The molecule has 0 bridgehead atoms. The average Bonchev–Trinajstić information content (AvgIpc) is 2.47. The summed E-state index contributed by atoms with van der Waals surface area (Å²) in [6.07, 6.45) is -9.88. The van der Waals surface area contributed by atoms with Crippen LogP contribution in [0.15, 0.2) is 18.2 Å².